The molecule has 0 aliphatic carbocycles. The molecular weight excluding hydrogens is 303 g/mol. The molecule has 1 aromatic heterocycles. The molecule has 0 radical (unpaired) electrons. The highest BCUT2D eigenvalue weighted by Gasteiger charge is 2.10. The van der Waals surface area contributed by atoms with E-state index in [1.165, 1.54) is 4.68 Å². The van der Waals surface area contributed by atoms with E-state index in [-0.39, 0.29) is 5.88 Å². The molecule has 0 amide bonds. The molecule has 7 heteroatoms. The average molecular weight is 308 g/mol. The van der Waals surface area contributed by atoms with Gasteiger partial charge in [0.05, 0.1) is 16.6 Å². The lowest BCUT2D eigenvalue weighted by atomic mass is 10.3. The fourth-order valence-corrected chi connectivity index (χ4v) is 2.05. The van der Waals surface area contributed by atoms with Gasteiger partial charge in [0.25, 0.3) is 0 Å². The molecule has 78 valence electrons. The van der Waals surface area contributed by atoms with Crippen LogP contribution in [0.1, 0.15) is 5.82 Å². The van der Waals surface area contributed by atoms with Crippen LogP contribution in [0.2, 0.25) is 5.02 Å². The Morgan fingerprint density at radius 2 is 2.20 bits per heavy atom. The first-order valence-corrected chi connectivity index (χ1v) is 5.71. The first-order chi connectivity index (χ1) is 7.22. The summed E-state index contributed by atoms with van der Waals surface area (Å²) in [5.41, 5.74) is 0.709. The second-order valence-electron chi connectivity index (χ2n) is 2.74. The Hall–Kier alpha value is -0.650. The number of halogens is 3. The molecule has 0 saturated heterocycles. The number of rotatable bonds is 2. The van der Waals surface area contributed by atoms with Crippen molar-refractivity contribution in [1.29, 1.82) is 0 Å². The summed E-state index contributed by atoms with van der Waals surface area (Å²) in [6.45, 7) is 0. The summed E-state index contributed by atoms with van der Waals surface area (Å²) in [5.74, 6) is 0.792. The minimum Gasteiger partial charge on any atom is -0.195 e. The van der Waals surface area contributed by atoms with E-state index in [4.69, 9.17) is 23.2 Å². The second kappa shape index (κ2) is 4.47. The third-order valence-electron chi connectivity index (χ3n) is 1.79. The highest BCUT2D eigenvalue weighted by atomic mass is 79.9. The highest BCUT2D eigenvalue weighted by molar-refractivity contribution is 9.10. The van der Waals surface area contributed by atoms with Crippen LogP contribution in [0.25, 0.3) is 5.69 Å². The molecule has 0 atom stereocenters. The van der Waals surface area contributed by atoms with Crippen molar-refractivity contribution in [3.05, 3.63) is 33.5 Å². The van der Waals surface area contributed by atoms with Crippen LogP contribution < -0.4 is 0 Å². The minimum atomic E-state index is 0.236. The lowest BCUT2D eigenvalue weighted by molar-refractivity contribution is 0.777. The molecule has 0 saturated carbocycles. The summed E-state index contributed by atoms with van der Waals surface area (Å²) in [6.07, 6.45) is 0. The zero-order valence-electron chi connectivity index (χ0n) is 7.36. The largest absolute Gasteiger partial charge is 0.195 e. The summed E-state index contributed by atoms with van der Waals surface area (Å²) in [7, 11) is 0. The van der Waals surface area contributed by atoms with Crippen LogP contribution in [0, 0.1) is 0 Å². The Morgan fingerprint density at radius 1 is 1.40 bits per heavy atom. The highest BCUT2D eigenvalue weighted by Crippen LogP contribution is 2.24. The SMILES string of the molecule is ClCc1nnnn1-c1ccc(Br)cc1Cl. The monoisotopic (exact) mass is 306 g/mol. The molecule has 2 aromatic rings. The molecule has 0 aliphatic rings. The van der Waals surface area contributed by atoms with Gasteiger partial charge in [-0.25, -0.2) is 0 Å². The van der Waals surface area contributed by atoms with Crippen LogP contribution in [0.3, 0.4) is 0 Å². The standard InChI is InChI=1S/C8H5BrCl2N4/c9-5-1-2-7(6(11)3-5)15-8(4-10)12-13-14-15/h1-3H,4H2. The van der Waals surface area contributed by atoms with Crippen LogP contribution in [-0.4, -0.2) is 20.2 Å². The van der Waals surface area contributed by atoms with Gasteiger partial charge in [0.2, 0.25) is 0 Å². The van der Waals surface area contributed by atoms with E-state index in [0.717, 1.165) is 4.47 Å². The van der Waals surface area contributed by atoms with Gasteiger partial charge >= 0.3 is 0 Å². The third kappa shape index (κ3) is 2.14. The van der Waals surface area contributed by atoms with Gasteiger partial charge in [-0.1, -0.05) is 27.5 Å². The van der Waals surface area contributed by atoms with Crippen molar-refractivity contribution in [1.82, 2.24) is 20.2 Å². The van der Waals surface area contributed by atoms with Gasteiger partial charge < -0.3 is 0 Å². The van der Waals surface area contributed by atoms with E-state index in [9.17, 15) is 0 Å². The fourth-order valence-electron chi connectivity index (χ4n) is 1.13. The van der Waals surface area contributed by atoms with Crippen molar-refractivity contribution in [2.24, 2.45) is 0 Å². The molecule has 2 rings (SSSR count). The quantitative estimate of drug-likeness (QED) is 0.801. The molecule has 0 N–H and O–H groups in total. The van der Waals surface area contributed by atoms with E-state index < -0.39 is 0 Å². The summed E-state index contributed by atoms with van der Waals surface area (Å²) in [6, 6.07) is 5.45. The Balaban J connectivity index is 2.54. The van der Waals surface area contributed by atoms with E-state index in [0.29, 0.717) is 16.5 Å². The number of nitrogens with zero attached hydrogens (tertiary/aromatic N) is 4. The van der Waals surface area contributed by atoms with Gasteiger partial charge in [-0.15, -0.1) is 16.7 Å². The maximum atomic E-state index is 6.06. The van der Waals surface area contributed by atoms with Crippen molar-refractivity contribution in [3.63, 3.8) is 0 Å². The zero-order chi connectivity index (χ0) is 10.8. The van der Waals surface area contributed by atoms with Gasteiger partial charge in [0.15, 0.2) is 5.82 Å². The second-order valence-corrected chi connectivity index (χ2v) is 4.33. The van der Waals surface area contributed by atoms with Crippen LogP contribution in [-0.2, 0) is 5.88 Å². The molecule has 0 aliphatic heterocycles. The maximum absolute atomic E-state index is 6.06. The van der Waals surface area contributed by atoms with E-state index in [1.54, 1.807) is 6.07 Å². The Labute approximate surface area is 104 Å². The first kappa shape index (κ1) is 10.9. The number of aromatic nitrogens is 4. The first-order valence-electron chi connectivity index (χ1n) is 4.01. The lowest BCUT2D eigenvalue weighted by Gasteiger charge is -2.04. The maximum Gasteiger partial charge on any atom is 0.171 e. The molecule has 0 unspecified atom stereocenters. The number of alkyl halides is 1. The van der Waals surface area contributed by atoms with Crippen molar-refractivity contribution in [2.75, 3.05) is 0 Å². The molecule has 0 bridgehead atoms. The Bertz CT molecular complexity index is 485. The van der Waals surface area contributed by atoms with Crippen LogP contribution in [0.4, 0.5) is 0 Å². The number of tetrazole rings is 1. The van der Waals surface area contributed by atoms with E-state index >= 15 is 0 Å². The number of hydrogen-bond acceptors (Lipinski definition) is 3. The summed E-state index contributed by atoms with van der Waals surface area (Å²) in [4.78, 5) is 0. The van der Waals surface area contributed by atoms with Crippen LogP contribution >= 0.6 is 39.1 Å². The van der Waals surface area contributed by atoms with Gasteiger partial charge in [-0.3, -0.25) is 0 Å². The topological polar surface area (TPSA) is 43.6 Å². The molecule has 0 spiro atoms. The van der Waals surface area contributed by atoms with Crippen molar-refractivity contribution < 1.29 is 0 Å². The van der Waals surface area contributed by atoms with Crippen LogP contribution in [0.15, 0.2) is 22.7 Å². The number of hydrogen-bond donors (Lipinski definition) is 0. The molecule has 0 fully saturated rings. The molecule has 15 heavy (non-hydrogen) atoms. The normalized spacial score (nSPS) is 10.6. The lowest BCUT2D eigenvalue weighted by Crippen LogP contribution is -2.02. The molecule has 1 heterocycles. The summed E-state index contributed by atoms with van der Waals surface area (Å²) < 4.78 is 2.42. The van der Waals surface area contributed by atoms with Crippen molar-refractivity contribution in [2.45, 2.75) is 5.88 Å². The molecule has 4 nitrogen and oxygen atoms in total. The third-order valence-corrected chi connectivity index (χ3v) is 2.83. The van der Waals surface area contributed by atoms with Crippen molar-refractivity contribution >= 4 is 39.1 Å². The Morgan fingerprint density at radius 3 is 2.87 bits per heavy atom. The van der Waals surface area contributed by atoms with E-state index in [1.807, 2.05) is 12.1 Å². The summed E-state index contributed by atoms with van der Waals surface area (Å²) in [5, 5.41) is 11.7. The van der Waals surface area contributed by atoms with E-state index in [2.05, 4.69) is 31.5 Å². The predicted molar refractivity (Wildman–Crippen MR) is 61.4 cm³/mol. The van der Waals surface area contributed by atoms with Gasteiger partial charge in [-0.05, 0) is 28.6 Å². The smallest absolute Gasteiger partial charge is 0.171 e. The van der Waals surface area contributed by atoms with Gasteiger partial charge in [0, 0.05) is 4.47 Å². The molecular formula is C8H5BrCl2N4. The molecule has 1 aromatic carbocycles. The van der Waals surface area contributed by atoms with Gasteiger partial charge in [-0.2, -0.15) is 4.68 Å². The van der Waals surface area contributed by atoms with Gasteiger partial charge in [0.1, 0.15) is 0 Å². The average Bonchev–Trinajstić information content (AvgIpc) is 2.65. The predicted octanol–water partition coefficient (Wildman–Crippen LogP) is 2.82. The fraction of sp³-hybridized carbons (Fsp3) is 0.125. The zero-order valence-corrected chi connectivity index (χ0v) is 10.5. The minimum absolute atomic E-state index is 0.236. The number of benzene rings is 1. The van der Waals surface area contributed by atoms with Crippen LogP contribution in [0.5, 0.6) is 0 Å². The summed E-state index contributed by atoms with van der Waals surface area (Å²) >= 11 is 15.1. The Kier molecular flexibility index (Phi) is 3.23. The van der Waals surface area contributed by atoms with Crippen molar-refractivity contribution in [3.8, 4) is 5.69 Å².